The van der Waals surface area contributed by atoms with Gasteiger partial charge in [-0.2, -0.15) is 0 Å². The van der Waals surface area contributed by atoms with Crippen molar-refractivity contribution >= 4 is 11.7 Å². The highest BCUT2D eigenvalue weighted by molar-refractivity contribution is 6.10. The first-order valence-electron chi connectivity index (χ1n) is 7.60. The summed E-state index contributed by atoms with van der Waals surface area (Å²) >= 11 is 0. The minimum atomic E-state index is 0.183. The zero-order valence-corrected chi connectivity index (χ0v) is 13.4. The lowest BCUT2D eigenvalue weighted by atomic mass is 10.1. The van der Waals surface area contributed by atoms with Crippen LogP contribution in [0.4, 0.5) is 0 Å². The summed E-state index contributed by atoms with van der Waals surface area (Å²) in [4.78, 5) is 9.34. The Morgan fingerprint density at radius 3 is 1.82 bits per heavy atom. The molecule has 3 heteroatoms. The predicted molar refractivity (Wildman–Crippen MR) is 94.4 cm³/mol. The second-order valence-electron chi connectivity index (χ2n) is 5.67. The molecule has 0 saturated carbocycles. The van der Waals surface area contributed by atoms with Crippen molar-refractivity contribution in [1.29, 1.82) is 0 Å². The fourth-order valence-electron chi connectivity index (χ4n) is 1.88. The van der Waals surface area contributed by atoms with Gasteiger partial charge in [-0.05, 0) is 12.8 Å². The minimum Gasteiger partial charge on any atom is -0.383 e. The molecule has 0 bridgehead atoms. The van der Waals surface area contributed by atoms with Crippen LogP contribution in [-0.4, -0.2) is 17.7 Å². The highest BCUT2D eigenvalue weighted by Crippen LogP contribution is 2.11. The summed E-state index contributed by atoms with van der Waals surface area (Å²) in [5, 5.41) is 0. The fraction of sp³-hybridized carbons (Fsp3) is 0.263. The number of hydrogen-bond acceptors (Lipinski definition) is 1. The maximum atomic E-state index is 6.15. The number of nitrogens with two attached hydrogens (primary N) is 1. The van der Waals surface area contributed by atoms with E-state index in [0.29, 0.717) is 17.6 Å². The molecule has 2 N–H and O–H groups in total. The van der Waals surface area contributed by atoms with Crippen LogP contribution in [0.1, 0.15) is 31.9 Å². The van der Waals surface area contributed by atoms with E-state index in [9.17, 15) is 0 Å². The molecule has 3 nitrogen and oxygen atoms in total. The lowest BCUT2D eigenvalue weighted by molar-refractivity contribution is 0.531. The van der Waals surface area contributed by atoms with Crippen molar-refractivity contribution in [2.45, 2.75) is 26.8 Å². The molecule has 0 radical (unpaired) electrons. The molecular weight excluding hydrogens is 270 g/mol. The van der Waals surface area contributed by atoms with Gasteiger partial charge in [0.25, 0.3) is 0 Å². The fourth-order valence-corrected chi connectivity index (χ4v) is 1.88. The van der Waals surface area contributed by atoms with Gasteiger partial charge in [-0.3, -0.25) is 4.99 Å². The summed E-state index contributed by atoms with van der Waals surface area (Å²) in [7, 11) is 0. The second kappa shape index (κ2) is 7.55. The van der Waals surface area contributed by atoms with E-state index in [2.05, 4.69) is 25.8 Å². The van der Waals surface area contributed by atoms with Crippen LogP contribution in [0, 0.1) is 5.92 Å². The van der Waals surface area contributed by atoms with Crippen molar-refractivity contribution in [3.05, 3.63) is 71.8 Å². The summed E-state index contributed by atoms with van der Waals surface area (Å²) in [6, 6.07) is 19.9. The molecule has 0 aliphatic heterocycles. The summed E-state index contributed by atoms with van der Waals surface area (Å²) in [6.45, 7) is 6.41. The van der Waals surface area contributed by atoms with E-state index < -0.39 is 0 Å². The zero-order chi connectivity index (χ0) is 15.9. The van der Waals surface area contributed by atoms with Gasteiger partial charge < -0.3 is 5.73 Å². The molecular formula is C19H23N3. The van der Waals surface area contributed by atoms with Crippen LogP contribution < -0.4 is 5.73 Å². The normalized spacial score (nSPS) is 14.2. The summed E-state index contributed by atoms with van der Waals surface area (Å²) in [5.41, 5.74) is 8.04. The van der Waals surface area contributed by atoms with Crippen molar-refractivity contribution in [1.82, 2.24) is 0 Å². The van der Waals surface area contributed by atoms with Gasteiger partial charge in [0.05, 0.1) is 6.04 Å². The molecule has 0 aromatic heterocycles. The van der Waals surface area contributed by atoms with Crippen LogP contribution >= 0.6 is 0 Å². The van der Waals surface area contributed by atoms with E-state index in [4.69, 9.17) is 10.7 Å². The van der Waals surface area contributed by atoms with Gasteiger partial charge in [-0.25, -0.2) is 4.99 Å². The van der Waals surface area contributed by atoms with E-state index in [1.54, 1.807) is 0 Å². The van der Waals surface area contributed by atoms with Crippen LogP contribution in [0.2, 0.25) is 0 Å². The molecule has 0 aliphatic carbocycles. The Labute approximate surface area is 132 Å². The van der Waals surface area contributed by atoms with E-state index in [1.165, 1.54) is 0 Å². The maximum absolute atomic E-state index is 6.15. The minimum absolute atomic E-state index is 0.183. The first-order chi connectivity index (χ1) is 10.6. The first-order valence-corrected chi connectivity index (χ1v) is 7.60. The largest absolute Gasteiger partial charge is 0.383 e. The van der Waals surface area contributed by atoms with Gasteiger partial charge in [0.2, 0.25) is 0 Å². The smallest absolute Gasteiger partial charge is 0.157 e. The highest BCUT2D eigenvalue weighted by Gasteiger charge is 2.10. The standard InChI is InChI=1S/C19H23N3/c1-14(2)15(3)21-19(17-12-8-5-9-13-17)22-18(20)16-10-6-4-7-11-16/h4-15H,1-3H3,(H2,20,21,22)/t15-/m0/s1. The zero-order valence-electron chi connectivity index (χ0n) is 13.4. The number of amidine groups is 2. The molecule has 2 aromatic carbocycles. The van der Waals surface area contributed by atoms with Crippen LogP contribution in [-0.2, 0) is 0 Å². The number of nitrogens with zero attached hydrogens (tertiary/aromatic N) is 2. The number of rotatable bonds is 4. The topological polar surface area (TPSA) is 50.7 Å². The Morgan fingerprint density at radius 2 is 1.32 bits per heavy atom. The number of aliphatic imine (C=N–C) groups is 2. The third-order valence-corrected chi connectivity index (χ3v) is 3.62. The van der Waals surface area contributed by atoms with E-state index in [-0.39, 0.29) is 6.04 Å². The van der Waals surface area contributed by atoms with Crippen molar-refractivity contribution in [3.8, 4) is 0 Å². The van der Waals surface area contributed by atoms with Gasteiger partial charge in [0, 0.05) is 11.1 Å². The average Bonchev–Trinajstić information content (AvgIpc) is 2.55. The SMILES string of the molecule is CC(C)[C@H](C)N=C(N=C(N)c1ccccc1)c1ccccc1. The third-order valence-electron chi connectivity index (χ3n) is 3.62. The van der Waals surface area contributed by atoms with Gasteiger partial charge in [-0.15, -0.1) is 0 Å². The van der Waals surface area contributed by atoms with Crippen molar-refractivity contribution in [2.75, 3.05) is 0 Å². The van der Waals surface area contributed by atoms with Gasteiger partial charge in [-0.1, -0.05) is 74.5 Å². The van der Waals surface area contributed by atoms with Crippen molar-refractivity contribution in [2.24, 2.45) is 21.6 Å². The Hall–Kier alpha value is -2.42. The summed E-state index contributed by atoms with van der Waals surface area (Å²) in [5.74, 6) is 1.62. The molecule has 2 rings (SSSR count). The van der Waals surface area contributed by atoms with Crippen LogP contribution in [0.15, 0.2) is 70.6 Å². The Kier molecular flexibility index (Phi) is 5.48. The molecule has 0 aliphatic rings. The summed E-state index contributed by atoms with van der Waals surface area (Å²) in [6.07, 6.45) is 0. The molecule has 2 aromatic rings. The summed E-state index contributed by atoms with van der Waals surface area (Å²) < 4.78 is 0. The highest BCUT2D eigenvalue weighted by atomic mass is 15.0. The quantitative estimate of drug-likeness (QED) is 0.675. The molecule has 0 amide bonds. The molecule has 0 unspecified atom stereocenters. The second-order valence-corrected chi connectivity index (χ2v) is 5.67. The number of benzene rings is 2. The Bertz CT molecular complexity index is 643. The molecule has 0 fully saturated rings. The monoisotopic (exact) mass is 293 g/mol. The van der Waals surface area contributed by atoms with Crippen LogP contribution in [0.5, 0.6) is 0 Å². The van der Waals surface area contributed by atoms with E-state index in [1.807, 2.05) is 60.7 Å². The Balaban J connectivity index is 2.41. The van der Waals surface area contributed by atoms with Gasteiger partial charge in [0.15, 0.2) is 5.84 Å². The molecule has 0 spiro atoms. The van der Waals surface area contributed by atoms with Crippen LogP contribution in [0.25, 0.3) is 0 Å². The van der Waals surface area contributed by atoms with E-state index >= 15 is 0 Å². The van der Waals surface area contributed by atoms with Crippen molar-refractivity contribution < 1.29 is 0 Å². The lowest BCUT2D eigenvalue weighted by Crippen LogP contribution is -2.18. The van der Waals surface area contributed by atoms with Gasteiger partial charge in [0.1, 0.15) is 5.84 Å². The van der Waals surface area contributed by atoms with Gasteiger partial charge >= 0.3 is 0 Å². The Morgan fingerprint density at radius 1 is 0.818 bits per heavy atom. The molecule has 22 heavy (non-hydrogen) atoms. The average molecular weight is 293 g/mol. The molecule has 114 valence electrons. The first kappa shape index (κ1) is 16.0. The maximum Gasteiger partial charge on any atom is 0.157 e. The molecule has 1 atom stereocenters. The molecule has 0 saturated heterocycles. The van der Waals surface area contributed by atoms with Crippen LogP contribution in [0.3, 0.4) is 0 Å². The van der Waals surface area contributed by atoms with Crippen molar-refractivity contribution in [3.63, 3.8) is 0 Å². The lowest BCUT2D eigenvalue weighted by Gasteiger charge is -2.12. The number of hydrogen-bond donors (Lipinski definition) is 1. The molecule has 0 heterocycles. The van der Waals surface area contributed by atoms with E-state index in [0.717, 1.165) is 11.1 Å². The third kappa shape index (κ3) is 4.29. The predicted octanol–water partition coefficient (Wildman–Crippen LogP) is 3.88.